The van der Waals surface area contributed by atoms with Crippen LogP contribution in [0.1, 0.15) is 24.8 Å². The van der Waals surface area contributed by atoms with Crippen LogP contribution in [0.4, 0.5) is 5.82 Å². The highest BCUT2D eigenvalue weighted by molar-refractivity contribution is 6.33. The number of anilines is 1. The molecule has 1 aromatic heterocycles. The molecule has 0 bridgehead atoms. The lowest BCUT2D eigenvalue weighted by Gasteiger charge is -2.29. The van der Waals surface area contributed by atoms with Crippen LogP contribution in [0.2, 0.25) is 5.02 Å². The summed E-state index contributed by atoms with van der Waals surface area (Å²) in [5.41, 5.74) is -0.0500. The molecule has 7 heteroatoms. The van der Waals surface area contributed by atoms with Crippen molar-refractivity contribution < 1.29 is 14.7 Å². The number of aliphatic carboxylic acids is 1. The van der Waals surface area contributed by atoms with Gasteiger partial charge in [-0.15, -0.1) is 0 Å². The second-order valence-electron chi connectivity index (χ2n) is 6.04. The summed E-state index contributed by atoms with van der Waals surface area (Å²) in [6.07, 6.45) is 6.61. The largest absolute Gasteiger partial charge is 0.478 e. The van der Waals surface area contributed by atoms with Crippen LogP contribution in [-0.4, -0.2) is 40.5 Å². The summed E-state index contributed by atoms with van der Waals surface area (Å²) in [6.45, 7) is 1.35. The Balaban J connectivity index is 1.80. The predicted molar refractivity (Wildman–Crippen MR) is 87.5 cm³/mol. The maximum Gasteiger partial charge on any atom is 0.328 e. The van der Waals surface area contributed by atoms with Gasteiger partial charge in [-0.1, -0.05) is 11.6 Å². The van der Waals surface area contributed by atoms with Gasteiger partial charge in [0, 0.05) is 24.7 Å². The number of carbonyl (C=O) groups excluding carboxylic acids is 1. The number of carboxylic acid groups (broad SMARTS) is 1. The first-order valence-corrected chi connectivity index (χ1v) is 7.98. The SMILES string of the molecule is O=C(O)/C=C/c1cnc(N[C@]2(C(=O)C3CC3)CCNC2)c(Cl)c1. The zero-order chi connectivity index (χ0) is 16.4. The molecule has 2 heterocycles. The molecule has 1 aliphatic carbocycles. The number of ketones is 1. The second kappa shape index (κ2) is 6.29. The van der Waals surface area contributed by atoms with E-state index in [0.29, 0.717) is 29.4 Å². The summed E-state index contributed by atoms with van der Waals surface area (Å²) in [4.78, 5) is 27.4. The Morgan fingerprint density at radius 1 is 1.48 bits per heavy atom. The normalized spacial score (nSPS) is 24.0. The van der Waals surface area contributed by atoms with Crippen LogP contribution in [0.3, 0.4) is 0 Å². The zero-order valence-electron chi connectivity index (χ0n) is 12.5. The summed E-state index contributed by atoms with van der Waals surface area (Å²) in [7, 11) is 0. The van der Waals surface area contributed by atoms with Crippen LogP contribution in [0, 0.1) is 5.92 Å². The first kappa shape index (κ1) is 16.0. The number of pyridine rings is 1. The molecule has 2 aliphatic rings. The second-order valence-corrected chi connectivity index (χ2v) is 6.45. The molecular weight excluding hydrogens is 318 g/mol. The van der Waals surface area contributed by atoms with E-state index in [1.54, 1.807) is 6.07 Å². The Morgan fingerprint density at radius 3 is 2.83 bits per heavy atom. The van der Waals surface area contributed by atoms with Crippen LogP contribution in [0.5, 0.6) is 0 Å². The lowest BCUT2D eigenvalue weighted by atomic mass is 9.89. The molecule has 3 rings (SSSR count). The van der Waals surface area contributed by atoms with Crippen molar-refractivity contribution in [2.45, 2.75) is 24.8 Å². The predicted octanol–water partition coefficient (Wildman–Crippen LogP) is 1.96. The molecular formula is C16H18ClN3O3. The molecule has 0 unspecified atom stereocenters. The van der Waals surface area contributed by atoms with E-state index in [1.165, 1.54) is 12.3 Å². The van der Waals surface area contributed by atoms with Crippen LogP contribution in [0.25, 0.3) is 6.08 Å². The Labute approximate surface area is 138 Å². The maximum atomic E-state index is 12.6. The van der Waals surface area contributed by atoms with Gasteiger partial charge in [-0.05, 0) is 43.5 Å². The first-order valence-electron chi connectivity index (χ1n) is 7.60. The molecule has 1 aromatic rings. The highest BCUT2D eigenvalue weighted by Crippen LogP contribution is 2.38. The van der Waals surface area contributed by atoms with Gasteiger partial charge >= 0.3 is 5.97 Å². The van der Waals surface area contributed by atoms with Crippen molar-refractivity contribution in [1.82, 2.24) is 10.3 Å². The minimum Gasteiger partial charge on any atom is -0.478 e. The third-order valence-electron chi connectivity index (χ3n) is 4.21. The molecule has 3 N–H and O–H groups in total. The summed E-state index contributed by atoms with van der Waals surface area (Å²) in [5.74, 6) is -0.194. The van der Waals surface area contributed by atoms with Crippen molar-refractivity contribution >= 4 is 35.2 Å². The van der Waals surface area contributed by atoms with Gasteiger partial charge in [0.1, 0.15) is 11.4 Å². The van der Waals surface area contributed by atoms with Crippen molar-refractivity contribution in [2.75, 3.05) is 18.4 Å². The molecule has 1 aliphatic heterocycles. The molecule has 0 spiro atoms. The highest BCUT2D eigenvalue weighted by Gasteiger charge is 2.47. The Kier molecular flexibility index (Phi) is 4.37. The maximum absolute atomic E-state index is 12.6. The number of carbonyl (C=O) groups is 2. The number of aromatic nitrogens is 1. The number of Topliss-reactive ketones (excluding diaryl/α,β-unsaturated/α-hetero) is 1. The fourth-order valence-electron chi connectivity index (χ4n) is 2.84. The third kappa shape index (κ3) is 3.54. The highest BCUT2D eigenvalue weighted by atomic mass is 35.5. The number of hydrogen-bond donors (Lipinski definition) is 3. The van der Waals surface area contributed by atoms with E-state index in [0.717, 1.165) is 25.5 Å². The molecule has 122 valence electrons. The van der Waals surface area contributed by atoms with Gasteiger partial charge < -0.3 is 15.7 Å². The van der Waals surface area contributed by atoms with Crippen molar-refractivity contribution in [3.05, 3.63) is 28.9 Å². The van der Waals surface area contributed by atoms with Gasteiger partial charge in [-0.3, -0.25) is 4.79 Å². The summed E-state index contributed by atoms with van der Waals surface area (Å²) in [6, 6.07) is 1.63. The molecule has 1 atom stereocenters. The van der Waals surface area contributed by atoms with E-state index < -0.39 is 11.5 Å². The lowest BCUT2D eigenvalue weighted by Crippen LogP contribution is -2.49. The van der Waals surface area contributed by atoms with Gasteiger partial charge in [0.2, 0.25) is 0 Å². The van der Waals surface area contributed by atoms with Gasteiger partial charge in [-0.25, -0.2) is 9.78 Å². The van der Waals surface area contributed by atoms with Crippen LogP contribution in [0.15, 0.2) is 18.3 Å². The first-order chi connectivity index (χ1) is 11.0. The van der Waals surface area contributed by atoms with Crippen LogP contribution < -0.4 is 10.6 Å². The number of hydrogen-bond acceptors (Lipinski definition) is 5. The topological polar surface area (TPSA) is 91.3 Å². The van der Waals surface area contributed by atoms with Gasteiger partial charge in [0.05, 0.1) is 5.02 Å². The number of halogens is 1. The monoisotopic (exact) mass is 335 g/mol. The van der Waals surface area contributed by atoms with E-state index in [1.807, 2.05) is 0 Å². The molecule has 0 amide bonds. The van der Waals surface area contributed by atoms with Crippen LogP contribution >= 0.6 is 11.6 Å². The summed E-state index contributed by atoms with van der Waals surface area (Å²) in [5, 5.41) is 15.5. The minimum absolute atomic E-state index is 0.152. The minimum atomic E-state index is -1.03. The van der Waals surface area contributed by atoms with E-state index in [9.17, 15) is 9.59 Å². The number of nitrogens with zero attached hydrogens (tertiary/aromatic N) is 1. The van der Waals surface area contributed by atoms with E-state index >= 15 is 0 Å². The summed E-state index contributed by atoms with van der Waals surface area (Å²) >= 11 is 6.25. The molecule has 1 saturated carbocycles. The van der Waals surface area contributed by atoms with E-state index in [4.69, 9.17) is 16.7 Å². The third-order valence-corrected chi connectivity index (χ3v) is 4.50. The molecule has 1 saturated heterocycles. The Bertz CT molecular complexity index is 665. The fraction of sp³-hybridized carbons (Fsp3) is 0.438. The number of rotatable bonds is 6. The average Bonchev–Trinajstić information content (AvgIpc) is 3.26. The van der Waals surface area contributed by atoms with Gasteiger partial charge in [0.15, 0.2) is 5.78 Å². The van der Waals surface area contributed by atoms with Gasteiger partial charge in [-0.2, -0.15) is 0 Å². The van der Waals surface area contributed by atoms with Crippen molar-refractivity contribution in [1.29, 1.82) is 0 Å². The van der Waals surface area contributed by atoms with Crippen LogP contribution in [-0.2, 0) is 9.59 Å². The molecule has 6 nitrogen and oxygen atoms in total. The molecule has 0 radical (unpaired) electrons. The average molecular weight is 336 g/mol. The quantitative estimate of drug-likeness (QED) is 0.688. The van der Waals surface area contributed by atoms with Gasteiger partial charge in [0.25, 0.3) is 0 Å². The lowest BCUT2D eigenvalue weighted by molar-refractivity contribution is -0.131. The molecule has 2 fully saturated rings. The number of nitrogens with one attached hydrogen (secondary N) is 2. The molecule has 0 aromatic carbocycles. The standard InChI is InChI=1S/C16H18ClN3O3/c17-12-7-10(1-4-13(21)22)8-19-15(12)20-16(5-6-18-9-16)14(23)11-2-3-11/h1,4,7-8,11,18H,2-3,5-6,9H2,(H,19,20)(H,21,22)/b4-1+/t16-/m1/s1. The van der Waals surface area contributed by atoms with Crippen molar-refractivity contribution in [3.8, 4) is 0 Å². The van der Waals surface area contributed by atoms with E-state index in [-0.39, 0.29) is 11.7 Å². The van der Waals surface area contributed by atoms with E-state index in [2.05, 4.69) is 15.6 Å². The Hall–Kier alpha value is -1.92. The van der Waals surface area contributed by atoms with Crippen molar-refractivity contribution in [3.63, 3.8) is 0 Å². The number of carboxylic acids is 1. The smallest absolute Gasteiger partial charge is 0.328 e. The Morgan fingerprint density at radius 2 is 2.26 bits per heavy atom. The van der Waals surface area contributed by atoms with Crippen molar-refractivity contribution in [2.24, 2.45) is 5.92 Å². The fourth-order valence-corrected chi connectivity index (χ4v) is 3.06. The zero-order valence-corrected chi connectivity index (χ0v) is 13.3. The summed E-state index contributed by atoms with van der Waals surface area (Å²) < 4.78 is 0. The molecule has 23 heavy (non-hydrogen) atoms.